The number of carbonyl (C=O) groups excluding carboxylic acids is 1. The van der Waals surface area contributed by atoms with Crippen molar-refractivity contribution >= 4 is 29.0 Å². The number of ether oxygens (including phenoxy) is 3. The average molecular weight is 413 g/mol. The van der Waals surface area contributed by atoms with E-state index >= 15 is 0 Å². The lowest BCUT2D eigenvalue weighted by Crippen LogP contribution is -2.48. The SMILES string of the molecule is CCOc1ccc(C2NC(=S)N(c3ccc(OC)cc3)C(C)=C2C(=O)OC)cc1. The highest BCUT2D eigenvalue weighted by molar-refractivity contribution is 7.80. The van der Waals surface area contributed by atoms with Gasteiger partial charge in [-0.3, -0.25) is 4.90 Å². The van der Waals surface area contributed by atoms with Crippen LogP contribution in [-0.2, 0) is 9.53 Å². The van der Waals surface area contributed by atoms with E-state index in [9.17, 15) is 4.79 Å². The number of benzene rings is 2. The number of nitrogens with one attached hydrogen (secondary N) is 1. The molecule has 152 valence electrons. The van der Waals surface area contributed by atoms with Gasteiger partial charge in [0.15, 0.2) is 5.11 Å². The van der Waals surface area contributed by atoms with E-state index in [1.165, 1.54) is 7.11 Å². The van der Waals surface area contributed by atoms with Crippen LogP contribution in [0.3, 0.4) is 0 Å². The van der Waals surface area contributed by atoms with Gasteiger partial charge in [-0.1, -0.05) is 12.1 Å². The molecule has 0 aliphatic carbocycles. The van der Waals surface area contributed by atoms with Gasteiger partial charge in [-0.05, 0) is 68.0 Å². The Bertz CT molecular complexity index is 923. The summed E-state index contributed by atoms with van der Waals surface area (Å²) in [6.45, 7) is 4.39. The molecular weight excluding hydrogens is 388 g/mol. The van der Waals surface area contributed by atoms with E-state index in [2.05, 4.69) is 5.32 Å². The Balaban J connectivity index is 2.04. The van der Waals surface area contributed by atoms with Crippen LogP contribution in [0.15, 0.2) is 59.8 Å². The van der Waals surface area contributed by atoms with E-state index in [1.54, 1.807) is 7.11 Å². The van der Waals surface area contributed by atoms with Crippen molar-refractivity contribution in [3.63, 3.8) is 0 Å². The Morgan fingerprint density at radius 1 is 1.07 bits per heavy atom. The summed E-state index contributed by atoms with van der Waals surface area (Å²) in [4.78, 5) is 14.5. The van der Waals surface area contributed by atoms with E-state index in [-0.39, 0.29) is 0 Å². The molecule has 0 bridgehead atoms. The first-order chi connectivity index (χ1) is 14.0. The topological polar surface area (TPSA) is 60.0 Å². The van der Waals surface area contributed by atoms with E-state index in [0.29, 0.717) is 23.0 Å². The molecule has 1 atom stereocenters. The molecule has 1 unspecified atom stereocenters. The number of nitrogens with zero attached hydrogens (tertiary/aromatic N) is 1. The van der Waals surface area contributed by atoms with Crippen LogP contribution in [0.4, 0.5) is 5.69 Å². The predicted molar refractivity (Wildman–Crippen MR) is 116 cm³/mol. The van der Waals surface area contributed by atoms with Gasteiger partial charge < -0.3 is 19.5 Å². The van der Waals surface area contributed by atoms with E-state index in [1.807, 2.05) is 67.3 Å². The highest BCUT2D eigenvalue weighted by Gasteiger charge is 2.35. The first-order valence-corrected chi connectivity index (χ1v) is 9.67. The molecule has 0 amide bonds. The molecule has 0 fully saturated rings. The first-order valence-electron chi connectivity index (χ1n) is 9.26. The van der Waals surface area contributed by atoms with Gasteiger partial charge in [0.1, 0.15) is 11.5 Å². The number of hydrogen-bond acceptors (Lipinski definition) is 5. The largest absolute Gasteiger partial charge is 0.497 e. The molecule has 1 heterocycles. The standard InChI is InChI=1S/C22H24N2O4S/c1-5-28-18-10-6-15(7-11-18)20-19(21(25)27-4)14(2)24(22(29)23-20)16-8-12-17(26-3)13-9-16/h6-13,20H,5H2,1-4H3,(H,23,29). The zero-order valence-corrected chi connectivity index (χ0v) is 17.7. The van der Waals surface area contributed by atoms with Crippen molar-refractivity contribution in [3.05, 3.63) is 65.4 Å². The summed E-state index contributed by atoms with van der Waals surface area (Å²) in [5.41, 5.74) is 2.93. The fraction of sp³-hybridized carbons (Fsp3) is 0.273. The number of methoxy groups -OCH3 is 2. The van der Waals surface area contributed by atoms with Gasteiger partial charge in [0, 0.05) is 11.4 Å². The molecule has 0 saturated carbocycles. The Kier molecular flexibility index (Phi) is 6.39. The van der Waals surface area contributed by atoms with Crippen LogP contribution in [0.2, 0.25) is 0 Å². The lowest BCUT2D eigenvalue weighted by molar-refractivity contribution is -0.136. The number of esters is 1. The van der Waals surface area contributed by atoms with E-state index in [4.69, 9.17) is 26.4 Å². The van der Waals surface area contributed by atoms with Gasteiger partial charge in [-0.15, -0.1) is 0 Å². The number of rotatable bonds is 6. The second-order valence-electron chi connectivity index (χ2n) is 6.41. The quantitative estimate of drug-likeness (QED) is 0.569. The molecule has 29 heavy (non-hydrogen) atoms. The molecular formula is C22H24N2O4S. The summed E-state index contributed by atoms with van der Waals surface area (Å²) < 4.78 is 15.8. The number of carbonyl (C=O) groups is 1. The van der Waals surface area contributed by atoms with Gasteiger partial charge in [-0.2, -0.15) is 0 Å². The third-order valence-electron chi connectivity index (χ3n) is 4.75. The molecule has 0 aromatic heterocycles. The minimum atomic E-state index is -0.417. The third kappa shape index (κ3) is 4.19. The molecule has 1 N–H and O–H groups in total. The van der Waals surface area contributed by atoms with Crippen molar-refractivity contribution in [1.82, 2.24) is 5.32 Å². The summed E-state index contributed by atoms with van der Waals surface area (Å²) in [5, 5.41) is 3.78. The molecule has 2 aromatic carbocycles. The zero-order valence-electron chi connectivity index (χ0n) is 16.9. The van der Waals surface area contributed by atoms with Crippen molar-refractivity contribution in [2.24, 2.45) is 0 Å². The Hall–Kier alpha value is -3.06. The summed E-state index contributed by atoms with van der Waals surface area (Å²) in [6.07, 6.45) is 0. The molecule has 6 nitrogen and oxygen atoms in total. The fourth-order valence-corrected chi connectivity index (χ4v) is 3.69. The van der Waals surface area contributed by atoms with Crippen LogP contribution in [-0.4, -0.2) is 31.9 Å². The number of hydrogen-bond donors (Lipinski definition) is 1. The Labute approximate surface area is 176 Å². The van der Waals surface area contributed by atoms with Gasteiger partial charge in [0.25, 0.3) is 0 Å². The zero-order chi connectivity index (χ0) is 21.0. The van der Waals surface area contributed by atoms with Crippen LogP contribution < -0.4 is 19.7 Å². The molecule has 1 aliphatic rings. The molecule has 7 heteroatoms. The summed E-state index contributed by atoms with van der Waals surface area (Å²) in [6, 6.07) is 14.7. The Morgan fingerprint density at radius 3 is 2.24 bits per heavy atom. The first kappa shape index (κ1) is 20.7. The second kappa shape index (κ2) is 8.96. The van der Waals surface area contributed by atoms with Crippen LogP contribution in [0.25, 0.3) is 0 Å². The normalized spacial score (nSPS) is 16.3. The Morgan fingerprint density at radius 2 is 1.69 bits per heavy atom. The maximum absolute atomic E-state index is 12.7. The molecule has 0 radical (unpaired) electrons. The van der Waals surface area contributed by atoms with Gasteiger partial charge >= 0.3 is 5.97 Å². The molecule has 3 rings (SSSR count). The van der Waals surface area contributed by atoms with E-state index < -0.39 is 12.0 Å². The summed E-state index contributed by atoms with van der Waals surface area (Å²) >= 11 is 5.64. The highest BCUT2D eigenvalue weighted by atomic mass is 32.1. The summed E-state index contributed by atoms with van der Waals surface area (Å²) in [7, 11) is 2.99. The molecule has 0 saturated heterocycles. The third-order valence-corrected chi connectivity index (χ3v) is 5.05. The molecule has 2 aromatic rings. The van der Waals surface area contributed by atoms with Crippen molar-refractivity contribution in [2.75, 3.05) is 25.7 Å². The average Bonchev–Trinajstić information content (AvgIpc) is 2.74. The minimum absolute atomic E-state index is 0.408. The summed E-state index contributed by atoms with van der Waals surface area (Å²) in [5.74, 6) is 1.11. The second-order valence-corrected chi connectivity index (χ2v) is 6.80. The predicted octanol–water partition coefficient (Wildman–Crippen LogP) is 3.98. The smallest absolute Gasteiger partial charge is 0.337 e. The number of thiocarbonyl (C=S) groups is 1. The van der Waals surface area contributed by atoms with Gasteiger partial charge in [-0.25, -0.2) is 4.79 Å². The van der Waals surface area contributed by atoms with Crippen LogP contribution in [0, 0.1) is 0 Å². The maximum atomic E-state index is 12.7. The minimum Gasteiger partial charge on any atom is -0.497 e. The van der Waals surface area contributed by atoms with Crippen LogP contribution in [0.5, 0.6) is 11.5 Å². The monoisotopic (exact) mass is 412 g/mol. The molecule has 0 spiro atoms. The lowest BCUT2D eigenvalue weighted by atomic mass is 9.94. The number of allylic oxidation sites excluding steroid dienone is 1. The lowest BCUT2D eigenvalue weighted by Gasteiger charge is -2.37. The van der Waals surface area contributed by atoms with Gasteiger partial charge in [0.05, 0.1) is 32.4 Å². The maximum Gasteiger partial charge on any atom is 0.337 e. The van der Waals surface area contributed by atoms with Crippen molar-refractivity contribution in [1.29, 1.82) is 0 Å². The van der Waals surface area contributed by atoms with Crippen LogP contribution >= 0.6 is 12.2 Å². The van der Waals surface area contributed by atoms with Crippen molar-refractivity contribution < 1.29 is 19.0 Å². The van der Waals surface area contributed by atoms with Crippen LogP contribution in [0.1, 0.15) is 25.5 Å². The number of anilines is 1. The van der Waals surface area contributed by atoms with Gasteiger partial charge in [0.2, 0.25) is 0 Å². The van der Waals surface area contributed by atoms with Crippen molar-refractivity contribution in [2.45, 2.75) is 19.9 Å². The highest BCUT2D eigenvalue weighted by Crippen LogP contribution is 2.35. The van der Waals surface area contributed by atoms with E-state index in [0.717, 1.165) is 22.7 Å². The fourth-order valence-electron chi connectivity index (χ4n) is 3.33. The van der Waals surface area contributed by atoms with Crippen molar-refractivity contribution in [3.8, 4) is 11.5 Å². The molecule has 1 aliphatic heterocycles.